The molecule has 3 heterocycles. The molecule has 1 N–H and O–H groups in total. The third-order valence-corrected chi connectivity index (χ3v) is 8.75. The highest BCUT2D eigenvalue weighted by atomic mass is 32.2. The molecule has 0 bridgehead atoms. The maximum atomic E-state index is 13.0. The number of aromatic nitrogens is 2. The molecular weight excluding hydrogens is 428 g/mol. The minimum Gasteiger partial charge on any atom is -0.351 e. The SMILES string of the molecule is CCC1C(=O)N(C)c2cnc(NC(C)C3CCN(S(C)(=O)=O)CC3)nc2N1C1CCCC1. The fourth-order valence-electron chi connectivity index (χ4n) is 5.48. The van der Waals surface area contributed by atoms with E-state index in [1.54, 1.807) is 15.4 Å². The minimum atomic E-state index is -3.13. The van der Waals surface area contributed by atoms with Gasteiger partial charge in [-0.05, 0) is 44.9 Å². The van der Waals surface area contributed by atoms with Gasteiger partial charge in [-0.1, -0.05) is 19.8 Å². The number of carbonyl (C=O) groups is 1. The van der Waals surface area contributed by atoms with Crippen LogP contribution in [-0.4, -0.2) is 73.1 Å². The van der Waals surface area contributed by atoms with Crippen LogP contribution in [0.3, 0.4) is 0 Å². The molecule has 2 aliphatic heterocycles. The second-order valence-electron chi connectivity index (χ2n) is 9.50. The monoisotopic (exact) mass is 464 g/mol. The normalized spacial score (nSPS) is 24.6. The van der Waals surface area contributed by atoms with E-state index < -0.39 is 10.0 Å². The zero-order valence-corrected chi connectivity index (χ0v) is 20.4. The zero-order chi connectivity index (χ0) is 23.0. The van der Waals surface area contributed by atoms with Crippen molar-refractivity contribution in [3.8, 4) is 0 Å². The van der Waals surface area contributed by atoms with Crippen LogP contribution >= 0.6 is 0 Å². The van der Waals surface area contributed by atoms with Gasteiger partial charge in [0.25, 0.3) is 0 Å². The van der Waals surface area contributed by atoms with Gasteiger partial charge >= 0.3 is 0 Å². The van der Waals surface area contributed by atoms with Crippen molar-refractivity contribution in [2.24, 2.45) is 5.92 Å². The number of hydrogen-bond donors (Lipinski definition) is 1. The van der Waals surface area contributed by atoms with Gasteiger partial charge in [-0.25, -0.2) is 17.7 Å². The molecule has 2 atom stereocenters. The minimum absolute atomic E-state index is 0.113. The Balaban J connectivity index is 1.53. The highest BCUT2D eigenvalue weighted by molar-refractivity contribution is 7.88. The summed E-state index contributed by atoms with van der Waals surface area (Å²) in [4.78, 5) is 26.4. The lowest BCUT2D eigenvalue weighted by atomic mass is 9.91. The molecule has 4 rings (SSSR count). The predicted molar refractivity (Wildman–Crippen MR) is 126 cm³/mol. The van der Waals surface area contributed by atoms with Crippen LogP contribution in [0.2, 0.25) is 0 Å². The molecule has 2 unspecified atom stereocenters. The molecule has 0 spiro atoms. The number of fused-ring (bicyclic) bond motifs is 1. The van der Waals surface area contributed by atoms with Crippen molar-refractivity contribution in [1.82, 2.24) is 14.3 Å². The molecule has 1 saturated heterocycles. The first-order valence-electron chi connectivity index (χ1n) is 11.8. The summed E-state index contributed by atoms with van der Waals surface area (Å²) in [6.07, 6.45) is 9.98. The number of rotatable bonds is 6. The lowest BCUT2D eigenvalue weighted by Gasteiger charge is -2.43. The van der Waals surface area contributed by atoms with Gasteiger partial charge in [-0.3, -0.25) is 4.79 Å². The third-order valence-electron chi connectivity index (χ3n) is 7.44. The average molecular weight is 465 g/mol. The van der Waals surface area contributed by atoms with Crippen molar-refractivity contribution in [2.45, 2.75) is 76.9 Å². The number of piperidine rings is 1. The van der Waals surface area contributed by atoms with Crippen LogP contribution in [0.1, 0.15) is 58.8 Å². The van der Waals surface area contributed by atoms with Gasteiger partial charge < -0.3 is 15.1 Å². The van der Waals surface area contributed by atoms with Crippen LogP contribution in [0.25, 0.3) is 0 Å². The summed E-state index contributed by atoms with van der Waals surface area (Å²) in [5.74, 6) is 1.89. The zero-order valence-electron chi connectivity index (χ0n) is 19.6. The summed E-state index contributed by atoms with van der Waals surface area (Å²) in [6.45, 7) is 5.29. The van der Waals surface area contributed by atoms with Gasteiger partial charge in [0, 0.05) is 32.2 Å². The quantitative estimate of drug-likeness (QED) is 0.690. The molecule has 10 heteroatoms. The predicted octanol–water partition coefficient (Wildman–Crippen LogP) is 2.45. The Labute approximate surface area is 191 Å². The molecule has 1 aromatic heterocycles. The largest absolute Gasteiger partial charge is 0.351 e. The third kappa shape index (κ3) is 4.44. The molecule has 1 aliphatic carbocycles. The molecule has 1 aromatic rings. The van der Waals surface area contributed by atoms with Crippen LogP contribution in [0.5, 0.6) is 0 Å². The number of carbonyl (C=O) groups excluding carboxylic acids is 1. The van der Waals surface area contributed by atoms with Crippen LogP contribution in [0, 0.1) is 5.92 Å². The van der Waals surface area contributed by atoms with Crippen LogP contribution in [0.4, 0.5) is 17.5 Å². The van der Waals surface area contributed by atoms with E-state index in [1.807, 2.05) is 7.05 Å². The molecule has 0 radical (unpaired) electrons. The van der Waals surface area contributed by atoms with E-state index in [4.69, 9.17) is 4.98 Å². The Morgan fingerprint density at radius 2 is 1.84 bits per heavy atom. The Bertz CT molecular complexity index is 941. The highest BCUT2D eigenvalue weighted by Crippen LogP contribution is 2.40. The molecule has 32 heavy (non-hydrogen) atoms. The van der Waals surface area contributed by atoms with Gasteiger partial charge in [0.05, 0.1) is 12.5 Å². The van der Waals surface area contributed by atoms with E-state index in [9.17, 15) is 13.2 Å². The molecule has 1 amide bonds. The van der Waals surface area contributed by atoms with E-state index in [0.717, 1.165) is 43.6 Å². The van der Waals surface area contributed by atoms with Gasteiger partial charge in [-0.15, -0.1) is 0 Å². The molecule has 0 aromatic carbocycles. The number of sulfonamides is 1. The Kier molecular flexibility index (Phi) is 6.63. The van der Waals surface area contributed by atoms with Crippen LogP contribution < -0.4 is 15.1 Å². The van der Waals surface area contributed by atoms with Crippen molar-refractivity contribution in [2.75, 3.05) is 41.5 Å². The second kappa shape index (κ2) is 9.13. The van der Waals surface area contributed by atoms with Gasteiger partial charge in [-0.2, -0.15) is 4.98 Å². The fraction of sp³-hybridized carbons (Fsp3) is 0.773. The molecular formula is C22H36N6O3S. The lowest BCUT2D eigenvalue weighted by Crippen LogP contribution is -2.55. The average Bonchev–Trinajstić information content (AvgIpc) is 3.30. The molecule has 178 valence electrons. The first-order chi connectivity index (χ1) is 15.2. The number of hydrogen-bond acceptors (Lipinski definition) is 7. The van der Waals surface area contributed by atoms with E-state index in [2.05, 4.69) is 29.0 Å². The summed E-state index contributed by atoms with van der Waals surface area (Å²) in [5.41, 5.74) is 0.770. The Morgan fingerprint density at radius 1 is 1.19 bits per heavy atom. The van der Waals surface area contributed by atoms with E-state index in [0.29, 0.717) is 31.0 Å². The summed E-state index contributed by atoms with van der Waals surface area (Å²) < 4.78 is 25.1. The summed E-state index contributed by atoms with van der Waals surface area (Å²) in [7, 11) is -1.32. The number of likely N-dealkylation sites (N-methyl/N-ethyl adjacent to an activating group) is 1. The summed E-state index contributed by atoms with van der Waals surface area (Å²) in [5, 5.41) is 3.47. The van der Waals surface area contributed by atoms with E-state index in [1.165, 1.54) is 19.1 Å². The molecule has 3 aliphatic rings. The van der Waals surface area contributed by atoms with Crippen molar-refractivity contribution in [1.29, 1.82) is 0 Å². The van der Waals surface area contributed by atoms with Gasteiger partial charge in [0.2, 0.25) is 21.9 Å². The first-order valence-corrected chi connectivity index (χ1v) is 13.7. The Hall–Kier alpha value is -1.94. The van der Waals surface area contributed by atoms with Crippen LogP contribution in [0.15, 0.2) is 6.20 Å². The molecule has 2 fully saturated rings. The highest BCUT2D eigenvalue weighted by Gasteiger charge is 2.41. The number of nitrogens with one attached hydrogen (secondary N) is 1. The smallest absolute Gasteiger partial charge is 0.249 e. The number of anilines is 3. The number of nitrogens with zero attached hydrogens (tertiary/aromatic N) is 5. The van der Waals surface area contributed by atoms with E-state index >= 15 is 0 Å². The molecule has 9 nitrogen and oxygen atoms in total. The van der Waals surface area contributed by atoms with Gasteiger partial charge in [0.15, 0.2) is 5.82 Å². The van der Waals surface area contributed by atoms with Crippen molar-refractivity contribution in [3.05, 3.63) is 6.20 Å². The fourth-order valence-corrected chi connectivity index (χ4v) is 6.36. The summed E-state index contributed by atoms with van der Waals surface area (Å²) in [6, 6.07) is 0.285. The van der Waals surface area contributed by atoms with E-state index in [-0.39, 0.29) is 18.0 Å². The van der Waals surface area contributed by atoms with Gasteiger partial charge in [0.1, 0.15) is 11.7 Å². The second-order valence-corrected chi connectivity index (χ2v) is 11.5. The summed E-state index contributed by atoms with van der Waals surface area (Å²) >= 11 is 0. The molecule has 1 saturated carbocycles. The lowest BCUT2D eigenvalue weighted by molar-refractivity contribution is -0.120. The standard InChI is InChI=1S/C22H36N6O3S/c1-5-18-21(29)26(3)19-14-23-22(25-20(19)28(18)17-8-6-7-9-17)24-15(2)16-10-12-27(13-11-16)32(4,30)31/h14-18H,5-13H2,1-4H3,(H,23,24,25). The maximum Gasteiger partial charge on any atom is 0.249 e. The maximum absolute atomic E-state index is 13.0. The topological polar surface area (TPSA) is 98.7 Å². The van der Waals surface area contributed by atoms with Crippen LogP contribution in [-0.2, 0) is 14.8 Å². The van der Waals surface area contributed by atoms with Crippen molar-refractivity contribution >= 4 is 33.4 Å². The van der Waals surface area contributed by atoms with Crippen molar-refractivity contribution in [3.63, 3.8) is 0 Å². The number of amides is 1. The Morgan fingerprint density at radius 3 is 2.44 bits per heavy atom. The van der Waals surface area contributed by atoms with Crippen molar-refractivity contribution < 1.29 is 13.2 Å². The first kappa shape index (κ1) is 23.2.